The summed E-state index contributed by atoms with van der Waals surface area (Å²) in [5.41, 5.74) is 3.90. The van der Waals surface area contributed by atoms with E-state index in [9.17, 15) is 9.59 Å². The highest BCUT2D eigenvalue weighted by atomic mass is 32.2. The van der Waals surface area contributed by atoms with E-state index in [4.69, 9.17) is 0 Å². The van der Waals surface area contributed by atoms with E-state index in [2.05, 4.69) is 10.6 Å². The summed E-state index contributed by atoms with van der Waals surface area (Å²) in [5.74, 6) is 0.229. The zero-order chi connectivity index (χ0) is 20.5. The van der Waals surface area contributed by atoms with Crippen LogP contribution in [0, 0.1) is 6.92 Å². The number of nitrogens with one attached hydrogen (secondary N) is 2. The molecule has 0 spiro atoms. The molecule has 148 valence electrons. The highest BCUT2D eigenvalue weighted by molar-refractivity contribution is 8.00. The zero-order valence-corrected chi connectivity index (χ0v) is 17.1. The Morgan fingerprint density at radius 2 is 1.38 bits per heavy atom. The standard InChI is InChI=1S/C24H24N2O2S/c1-18-9-8-14-21(15-18)25-22(27)16-29-17-23(28)26-24(19-10-4-2-5-11-19)20-12-6-3-7-13-20/h2-15,24H,16-17H2,1H3,(H,25,27)(H,26,28). The van der Waals surface area contributed by atoms with Crippen molar-refractivity contribution in [2.45, 2.75) is 13.0 Å². The Morgan fingerprint density at radius 3 is 1.97 bits per heavy atom. The average Bonchev–Trinajstić information content (AvgIpc) is 2.73. The molecule has 0 saturated carbocycles. The fourth-order valence-corrected chi connectivity index (χ4v) is 3.64. The Kier molecular flexibility index (Phi) is 7.47. The smallest absolute Gasteiger partial charge is 0.234 e. The van der Waals surface area contributed by atoms with Crippen molar-refractivity contribution < 1.29 is 9.59 Å². The van der Waals surface area contributed by atoms with Crippen LogP contribution in [0.2, 0.25) is 0 Å². The summed E-state index contributed by atoms with van der Waals surface area (Å²) < 4.78 is 0. The number of aryl methyl sites for hydroxylation is 1. The van der Waals surface area contributed by atoms with Crippen molar-refractivity contribution in [3.05, 3.63) is 102 Å². The van der Waals surface area contributed by atoms with Gasteiger partial charge in [0.2, 0.25) is 11.8 Å². The summed E-state index contributed by atoms with van der Waals surface area (Å²) in [4.78, 5) is 24.6. The maximum absolute atomic E-state index is 12.5. The van der Waals surface area contributed by atoms with Crippen LogP contribution in [0.3, 0.4) is 0 Å². The highest BCUT2D eigenvalue weighted by Crippen LogP contribution is 2.22. The molecule has 0 heterocycles. The summed E-state index contributed by atoms with van der Waals surface area (Å²) in [6, 6.07) is 27.2. The van der Waals surface area contributed by atoms with E-state index in [0.717, 1.165) is 22.4 Å². The first-order chi connectivity index (χ1) is 14.1. The van der Waals surface area contributed by atoms with E-state index < -0.39 is 0 Å². The fourth-order valence-electron chi connectivity index (χ4n) is 3.01. The summed E-state index contributed by atoms with van der Waals surface area (Å²) in [5, 5.41) is 5.95. The van der Waals surface area contributed by atoms with Crippen LogP contribution in [-0.4, -0.2) is 23.3 Å². The van der Waals surface area contributed by atoms with Crippen LogP contribution in [0.1, 0.15) is 22.7 Å². The maximum atomic E-state index is 12.5. The number of hydrogen-bond donors (Lipinski definition) is 2. The fraction of sp³-hybridized carbons (Fsp3) is 0.167. The molecular formula is C24H24N2O2S. The highest BCUT2D eigenvalue weighted by Gasteiger charge is 2.16. The molecule has 3 aromatic rings. The molecule has 2 amide bonds. The first-order valence-electron chi connectivity index (χ1n) is 9.45. The Labute approximate surface area is 175 Å². The number of thioether (sulfide) groups is 1. The molecule has 0 radical (unpaired) electrons. The van der Waals surface area contributed by atoms with Crippen LogP contribution < -0.4 is 10.6 Å². The molecule has 0 saturated heterocycles. The summed E-state index contributed by atoms with van der Waals surface area (Å²) in [7, 11) is 0. The van der Waals surface area contributed by atoms with Crippen molar-refractivity contribution in [3.8, 4) is 0 Å². The number of rotatable bonds is 8. The lowest BCUT2D eigenvalue weighted by atomic mass is 9.99. The molecule has 0 unspecified atom stereocenters. The third kappa shape index (κ3) is 6.50. The van der Waals surface area contributed by atoms with Crippen molar-refractivity contribution >= 4 is 29.3 Å². The first-order valence-corrected chi connectivity index (χ1v) is 10.6. The van der Waals surface area contributed by atoms with Crippen LogP contribution in [-0.2, 0) is 9.59 Å². The minimum atomic E-state index is -0.216. The second-order valence-electron chi connectivity index (χ2n) is 6.73. The Bertz CT molecular complexity index is 906. The van der Waals surface area contributed by atoms with E-state index in [0.29, 0.717) is 0 Å². The van der Waals surface area contributed by atoms with E-state index in [-0.39, 0.29) is 29.4 Å². The van der Waals surface area contributed by atoms with E-state index >= 15 is 0 Å². The number of hydrogen-bond acceptors (Lipinski definition) is 3. The Balaban J connectivity index is 1.53. The van der Waals surface area contributed by atoms with Gasteiger partial charge in [0.15, 0.2) is 0 Å². The SMILES string of the molecule is Cc1cccc(NC(=O)CSCC(=O)NC(c2ccccc2)c2ccccc2)c1. The van der Waals surface area contributed by atoms with Gasteiger partial charge in [0.1, 0.15) is 0 Å². The van der Waals surface area contributed by atoms with Gasteiger partial charge in [-0.1, -0.05) is 72.8 Å². The van der Waals surface area contributed by atoms with Gasteiger partial charge in [-0.2, -0.15) is 0 Å². The molecule has 29 heavy (non-hydrogen) atoms. The van der Waals surface area contributed by atoms with Gasteiger partial charge < -0.3 is 10.6 Å². The van der Waals surface area contributed by atoms with Gasteiger partial charge >= 0.3 is 0 Å². The van der Waals surface area contributed by atoms with E-state index in [1.54, 1.807) is 0 Å². The zero-order valence-electron chi connectivity index (χ0n) is 16.3. The molecule has 3 rings (SSSR count). The molecule has 0 aliphatic carbocycles. The van der Waals surface area contributed by atoms with Crippen molar-refractivity contribution in [1.29, 1.82) is 0 Å². The van der Waals surface area contributed by atoms with Crippen molar-refractivity contribution in [3.63, 3.8) is 0 Å². The topological polar surface area (TPSA) is 58.2 Å². The first kappa shape index (κ1) is 20.7. The lowest BCUT2D eigenvalue weighted by Crippen LogP contribution is -2.31. The molecule has 4 nitrogen and oxygen atoms in total. The minimum Gasteiger partial charge on any atom is -0.344 e. The molecule has 3 aromatic carbocycles. The second kappa shape index (κ2) is 10.5. The predicted octanol–water partition coefficient (Wildman–Crippen LogP) is 4.57. The normalized spacial score (nSPS) is 10.6. The van der Waals surface area contributed by atoms with Gasteiger partial charge in [0.25, 0.3) is 0 Å². The number of carbonyl (C=O) groups excluding carboxylic acids is 2. The number of amides is 2. The average molecular weight is 405 g/mol. The van der Waals surface area contributed by atoms with Gasteiger partial charge in [-0.25, -0.2) is 0 Å². The number of benzene rings is 3. The van der Waals surface area contributed by atoms with Gasteiger partial charge in [0, 0.05) is 5.69 Å². The predicted molar refractivity (Wildman–Crippen MR) is 120 cm³/mol. The monoisotopic (exact) mass is 404 g/mol. The third-order valence-electron chi connectivity index (χ3n) is 4.34. The molecule has 0 fully saturated rings. The summed E-state index contributed by atoms with van der Waals surface area (Å²) in [6.07, 6.45) is 0. The van der Waals surface area contributed by atoms with Crippen molar-refractivity contribution in [1.82, 2.24) is 5.32 Å². The minimum absolute atomic E-state index is 0.101. The molecule has 0 atom stereocenters. The maximum Gasteiger partial charge on any atom is 0.234 e. The number of carbonyl (C=O) groups is 2. The second-order valence-corrected chi connectivity index (χ2v) is 7.72. The van der Waals surface area contributed by atoms with Gasteiger partial charge in [-0.05, 0) is 35.7 Å². The molecule has 5 heteroatoms. The third-order valence-corrected chi connectivity index (χ3v) is 5.27. The molecule has 2 N–H and O–H groups in total. The quantitative estimate of drug-likeness (QED) is 0.578. The molecule has 0 bridgehead atoms. The molecule has 0 aliphatic heterocycles. The van der Waals surface area contributed by atoms with Crippen LogP contribution in [0.5, 0.6) is 0 Å². The van der Waals surface area contributed by atoms with E-state index in [1.165, 1.54) is 11.8 Å². The van der Waals surface area contributed by atoms with Crippen LogP contribution in [0.15, 0.2) is 84.9 Å². The van der Waals surface area contributed by atoms with Gasteiger partial charge in [-0.15, -0.1) is 11.8 Å². The van der Waals surface area contributed by atoms with Crippen molar-refractivity contribution in [2.24, 2.45) is 0 Å². The molecule has 0 aliphatic rings. The lowest BCUT2D eigenvalue weighted by Gasteiger charge is -2.20. The lowest BCUT2D eigenvalue weighted by molar-refractivity contribution is -0.119. The molecule has 0 aromatic heterocycles. The van der Waals surface area contributed by atoms with Crippen LogP contribution >= 0.6 is 11.8 Å². The van der Waals surface area contributed by atoms with Gasteiger partial charge in [-0.3, -0.25) is 9.59 Å². The Hall–Kier alpha value is -3.05. The summed E-state index contributed by atoms with van der Waals surface area (Å²) in [6.45, 7) is 1.98. The van der Waals surface area contributed by atoms with Gasteiger partial charge in [0.05, 0.1) is 17.5 Å². The molecular weight excluding hydrogens is 380 g/mol. The number of anilines is 1. The van der Waals surface area contributed by atoms with Crippen LogP contribution in [0.4, 0.5) is 5.69 Å². The van der Waals surface area contributed by atoms with Crippen molar-refractivity contribution in [2.75, 3.05) is 16.8 Å². The Morgan fingerprint density at radius 1 is 0.793 bits per heavy atom. The van der Waals surface area contributed by atoms with Crippen LogP contribution in [0.25, 0.3) is 0 Å². The largest absolute Gasteiger partial charge is 0.344 e. The summed E-state index contributed by atoms with van der Waals surface area (Å²) >= 11 is 1.30. The van der Waals surface area contributed by atoms with E-state index in [1.807, 2.05) is 91.9 Å².